The molecule has 1 aliphatic rings. The minimum Gasteiger partial charge on any atom is -0.446 e. The lowest BCUT2D eigenvalue weighted by Gasteiger charge is -2.43. The first kappa shape index (κ1) is 30.3. The number of halogens is 2. The fraction of sp³-hybridized carbons (Fsp3) is 0.212. The molecule has 3 atom stereocenters. The van der Waals surface area contributed by atoms with Crippen LogP contribution in [0.5, 0.6) is 0 Å². The summed E-state index contributed by atoms with van der Waals surface area (Å²) in [4.78, 5) is 40.4. The van der Waals surface area contributed by atoms with Gasteiger partial charge in [0, 0.05) is 24.4 Å². The van der Waals surface area contributed by atoms with E-state index in [1.807, 2.05) is 0 Å². The molecule has 1 heterocycles. The second-order valence-electron chi connectivity index (χ2n) is 10.4. The van der Waals surface area contributed by atoms with Crippen LogP contribution in [0.25, 0.3) is 0 Å². The largest absolute Gasteiger partial charge is 0.446 e. The third-order valence-electron chi connectivity index (χ3n) is 7.83. The summed E-state index contributed by atoms with van der Waals surface area (Å²) in [5, 5.41) is 24.8. The number of anilines is 1. The number of aliphatic hydroxyl groups excluding tert-OH is 1. The fourth-order valence-corrected chi connectivity index (χ4v) is 5.69. The lowest BCUT2D eigenvalue weighted by Crippen LogP contribution is -2.53. The highest BCUT2D eigenvalue weighted by atomic mass is 19.1. The number of hydrogen-bond donors (Lipinski definition) is 2. The summed E-state index contributed by atoms with van der Waals surface area (Å²) in [7, 11) is 0. The average molecular weight is 602 g/mol. The van der Waals surface area contributed by atoms with Crippen molar-refractivity contribution in [2.75, 3.05) is 18.5 Å². The molecule has 1 fully saturated rings. The van der Waals surface area contributed by atoms with Gasteiger partial charge in [0.1, 0.15) is 24.3 Å². The predicted molar refractivity (Wildman–Crippen MR) is 158 cm³/mol. The second-order valence-corrected chi connectivity index (χ2v) is 10.4. The van der Waals surface area contributed by atoms with Gasteiger partial charge in [-0.3, -0.25) is 14.9 Å². The molecule has 0 aliphatic carbocycles. The van der Waals surface area contributed by atoms with E-state index in [9.17, 15) is 28.8 Å². The Balaban J connectivity index is 1.76. The van der Waals surface area contributed by atoms with Crippen molar-refractivity contribution >= 4 is 23.4 Å². The van der Waals surface area contributed by atoms with Crippen LogP contribution in [-0.2, 0) is 14.9 Å². The van der Waals surface area contributed by atoms with E-state index in [2.05, 4.69) is 5.32 Å². The van der Waals surface area contributed by atoms with Crippen molar-refractivity contribution in [3.8, 4) is 0 Å². The Morgan fingerprint density at radius 1 is 0.977 bits per heavy atom. The van der Waals surface area contributed by atoms with Gasteiger partial charge in [-0.15, -0.1) is 0 Å². The van der Waals surface area contributed by atoms with Crippen LogP contribution in [0.1, 0.15) is 41.6 Å². The summed E-state index contributed by atoms with van der Waals surface area (Å²) < 4.78 is 33.5. The van der Waals surface area contributed by atoms with Gasteiger partial charge in [0.2, 0.25) is 5.91 Å². The molecule has 1 aliphatic heterocycles. The van der Waals surface area contributed by atoms with Crippen LogP contribution >= 0.6 is 0 Å². The van der Waals surface area contributed by atoms with E-state index in [1.54, 1.807) is 30.3 Å². The highest BCUT2D eigenvalue weighted by Gasteiger charge is 2.54. The van der Waals surface area contributed by atoms with E-state index in [0.29, 0.717) is 22.4 Å². The third-order valence-corrected chi connectivity index (χ3v) is 7.83. The predicted octanol–water partition coefficient (Wildman–Crippen LogP) is 6.46. The van der Waals surface area contributed by atoms with Crippen LogP contribution in [0.15, 0.2) is 103 Å². The van der Waals surface area contributed by atoms with Gasteiger partial charge in [-0.1, -0.05) is 54.6 Å². The Morgan fingerprint density at radius 2 is 1.59 bits per heavy atom. The van der Waals surface area contributed by atoms with E-state index in [0.717, 1.165) is 4.90 Å². The average Bonchev–Trinajstić information content (AvgIpc) is 3.43. The standard InChI is InChI=1S/C33H29F2N3O6/c34-25-11-9-24(10-12-25)33(19-4-20-39,31(40)37-29(21-44-32(37)41)22-5-2-1-3-6-22)30(36-27-15-13-26(35)14-16-27)23-7-17-28(18-8-23)38(42)43/h1-3,5-18,29-30,36,39H,4,19-21H2/t29-,30+,33-/m1/s1. The zero-order chi connectivity index (χ0) is 31.3. The topological polar surface area (TPSA) is 122 Å². The smallest absolute Gasteiger partial charge is 0.417 e. The number of nitro benzene ring substituents is 1. The van der Waals surface area contributed by atoms with Crippen molar-refractivity contribution in [3.63, 3.8) is 0 Å². The molecule has 11 heteroatoms. The summed E-state index contributed by atoms with van der Waals surface area (Å²) in [6.45, 7) is -0.409. The molecular formula is C33H29F2N3O6. The van der Waals surface area contributed by atoms with Crippen LogP contribution in [0.2, 0.25) is 0 Å². The minimum absolute atomic E-state index is 0.0326. The number of non-ortho nitro benzene ring substituents is 1. The van der Waals surface area contributed by atoms with Gasteiger partial charge in [-0.05, 0) is 65.9 Å². The molecule has 0 aromatic heterocycles. The van der Waals surface area contributed by atoms with Gasteiger partial charge in [0.15, 0.2) is 0 Å². The van der Waals surface area contributed by atoms with Gasteiger partial charge >= 0.3 is 6.09 Å². The second kappa shape index (κ2) is 13.0. The molecule has 9 nitrogen and oxygen atoms in total. The monoisotopic (exact) mass is 601 g/mol. The number of nitrogens with zero attached hydrogens (tertiary/aromatic N) is 2. The maximum Gasteiger partial charge on any atom is 0.417 e. The van der Waals surface area contributed by atoms with Gasteiger partial charge in [-0.2, -0.15) is 0 Å². The molecule has 1 saturated heterocycles. The molecule has 0 radical (unpaired) electrons. The lowest BCUT2D eigenvalue weighted by molar-refractivity contribution is -0.384. The van der Waals surface area contributed by atoms with Crippen molar-refractivity contribution in [1.82, 2.24) is 4.90 Å². The Bertz CT molecular complexity index is 1620. The van der Waals surface area contributed by atoms with Crippen LogP contribution in [-0.4, -0.2) is 40.1 Å². The molecule has 0 bridgehead atoms. The Morgan fingerprint density at radius 3 is 2.18 bits per heavy atom. The highest BCUT2D eigenvalue weighted by molar-refractivity contribution is 6.01. The summed E-state index contributed by atoms with van der Waals surface area (Å²) in [6.07, 6.45) is -0.810. The molecule has 2 N–H and O–H groups in total. The van der Waals surface area contributed by atoms with E-state index in [4.69, 9.17) is 4.74 Å². The molecular weight excluding hydrogens is 572 g/mol. The number of imide groups is 1. The molecule has 5 rings (SSSR count). The molecule has 226 valence electrons. The van der Waals surface area contributed by atoms with Crippen LogP contribution in [0, 0.1) is 21.7 Å². The number of carbonyl (C=O) groups excluding carboxylic acids is 2. The lowest BCUT2D eigenvalue weighted by atomic mass is 9.67. The summed E-state index contributed by atoms with van der Waals surface area (Å²) in [6, 6.07) is 23.3. The molecule has 0 saturated carbocycles. The maximum absolute atomic E-state index is 15.1. The van der Waals surface area contributed by atoms with Crippen molar-refractivity contribution in [2.24, 2.45) is 0 Å². The highest BCUT2D eigenvalue weighted by Crippen LogP contribution is 2.47. The summed E-state index contributed by atoms with van der Waals surface area (Å²) in [5.41, 5.74) is -0.101. The van der Waals surface area contributed by atoms with Crippen molar-refractivity contribution in [2.45, 2.75) is 30.3 Å². The Hall–Kier alpha value is -5.16. The molecule has 44 heavy (non-hydrogen) atoms. The molecule has 2 amide bonds. The Labute approximate surface area is 251 Å². The molecule has 0 spiro atoms. The van der Waals surface area contributed by atoms with Gasteiger partial charge in [0.05, 0.1) is 16.4 Å². The summed E-state index contributed by atoms with van der Waals surface area (Å²) >= 11 is 0. The van der Waals surface area contributed by atoms with E-state index >= 15 is 4.79 Å². The number of nitrogens with one attached hydrogen (secondary N) is 1. The molecule has 4 aromatic carbocycles. The summed E-state index contributed by atoms with van der Waals surface area (Å²) in [5.74, 6) is -1.74. The van der Waals surface area contributed by atoms with Crippen molar-refractivity contribution in [3.05, 3.63) is 142 Å². The van der Waals surface area contributed by atoms with Gasteiger partial charge < -0.3 is 15.2 Å². The number of benzene rings is 4. The zero-order valence-electron chi connectivity index (χ0n) is 23.4. The van der Waals surface area contributed by atoms with Crippen molar-refractivity contribution < 1.29 is 33.1 Å². The van der Waals surface area contributed by atoms with Gasteiger partial charge in [-0.25, -0.2) is 18.5 Å². The number of ether oxygens (including phenoxy) is 1. The number of cyclic esters (lactones) is 1. The molecule has 0 unspecified atom stereocenters. The zero-order valence-corrected chi connectivity index (χ0v) is 23.4. The first-order valence-electron chi connectivity index (χ1n) is 13.9. The maximum atomic E-state index is 15.1. The van der Waals surface area contributed by atoms with Gasteiger partial charge in [0.25, 0.3) is 5.69 Å². The quantitative estimate of drug-likeness (QED) is 0.150. The molecule has 4 aromatic rings. The Kier molecular flexibility index (Phi) is 8.96. The van der Waals surface area contributed by atoms with Crippen LogP contribution < -0.4 is 5.32 Å². The first-order valence-corrected chi connectivity index (χ1v) is 13.9. The fourth-order valence-electron chi connectivity index (χ4n) is 5.69. The number of amides is 2. The van der Waals surface area contributed by atoms with E-state index in [-0.39, 0.29) is 31.7 Å². The number of hydrogen-bond acceptors (Lipinski definition) is 7. The van der Waals surface area contributed by atoms with Crippen LogP contribution in [0.3, 0.4) is 0 Å². The normalized spacial score (nSPS) is 16.6. The third kappa shape index (κ3) is 6.00. The SMILES string of the molecule is O=C1OC[C@H](c2ccccc2)N1C(=O)[C@](CCCO)(c1ccc(F)cc1)[C@@H](Nc1ccc(F)cc1)c1ccc([N+](=O)[O-])cc1. The van der Waals surface area contributed by atoms with Crippen LogP contribution in [0.4, 0.5) is 25.0 Å². The van der Waals surface area contributed by atoms with Crippen molar-refractivity contribution in [1.29, 1.82) is 0 Å². The first-order chi connectivity index (χ1) is 21.2. The number of aliphatic hydroxyl groups is 1. The number of rotatable bonds is 11. The minimum atomic E-state index is -1.71. The van der Waals surface area contributed by atoms with E-state index < -0.39 is 46.1 Å². The number of carbonyl (C=O) groups is 2. The number of nitro groups is 1. The van der Waals surface area contributed by atoms with E-state index in [1.165, 1.54) is 72.8 Å².